The second kappa shape index (κ2) is 10.5. The van der Waals surface area contributed by atoms with Gasteiger partial charge in [-0.05, 0) is 48.1 Å². The molecule has 1 fully saturated rings. The predicted octanol–water partition coefficient (Wildman–Crippen LogP) is 3.87. The molecular formula is C24H22F4N4O5. The third kappa shape index (κ3) is 6.42. The number of carbonyl (C=O) groups is 1. The molecule has 3 aromatic rings. The van der Waals surface area contributed by atoms with Crippen molar-refractivity contribution < 1.29 is 36.6 Å². The van der Waals surface area contributed by atoms with Crippen LogP contribution in [0.4, 0.5) is 17.6 Å². The number of hydrogen-bond donors (Lipinski definition) is 2. The van der Waals surface area contributed by atoms with E-state index in [0.717, 1.165) is 42.7 Å². The molecule has 9 nitrogen and oxygen atoms in total. The normalized spacial score (nSPS) is 14.2. The number of halogens is 4. The van der Waals surface area contributed by atoms with Crippen molar-refractivity contribution >= 4 is 5.91 Å². The van der Waals surface area contributed by atoms with Crippen molar-refractivity contribution in [3.8, 4) is 23.0 Å². The van der Waals surface area contributed by atoms with E-state index in [9.17, 15) is 27.2 Å². The number of benzene rings is 1. The molecule has 0 spiro atoms. The number of pyridine rings is 1. The maximum atomic E-state index is 14.2. The van der Waals surface area contributed by atoms with Crippen LogP contribution in [0.25, 0.3) is 11.5 Å². The Hall–Kier alpha value is -4.00. The van der Waals surface area contributed by atoms with E-state index in [4.69, 9.17) is 9.47 Å². The molecule has 0 unspecified atom stereocenters. The Balaban J connectivity index is 1.59. The molecule has 2 aromatic heterocycles. The molecule has 2 N–H and O–H groups in total. The molecule has 37 heavy (non-hydrogen) atoms. The number of nitrogens with one attached hydrogen (secondary N) is 2. The first-order chi connectivity index (χ1) is 17.6. The Morgan fingerprint density at radius 2 is 1.95 bits per heavy atom. The summed E-state index contributed by atoms with van der Waals surface area (Å²) in [4.78, 5) is 36.4. The highest BCUT2D eigenvalue weighted by Crippen LogP contribution is 2.41. The lowest BCUT2D eigenvalue weighted by molar-refractivity contribution is -0.275. The predicted molar refractivity (Wildman–Crippen MR) is 122 cm³/mol. The number of rotatable bonds is 9. The second-order valence-electron chi connectivity index (χ2n) is 8.29. The number of ether oxygens (including phenoxy) is 3. The number of carbonyl (C=O) groups excluding carboxylic acids is 1. The van der Waals surface area contributed by atoms with Gasteiger partial charge in [0.25, 0.3) is 11.5 Å². The number of amides is 1. The lowest BCUT2D eigenvalue weighted by Crippen LogP contribution is -2.33. The van der Waals surface area contributed by atoms with Crippen LogP contribution in [0.2, 0.25) is 0 Å². The van der Waals surface area contributed by atoms with Crippen LogP contribution in [0.15, 0.2) is 41.3 Å². The van der Waals surface area contributed by atoms with Gasteiger partial charge in [0.2, 0.25) is 0 Å². The molecule has 0 radical (unpaired) electrons. The molecule has 1 amide bonds. The first-order valence-electron chi connectivity index (χ1n) is 11.1. The lowest BCUT2D eigenvalue weighted by atomic mass is 10.1. The lowest BCUT2D eigenvalue weighted by Gasteiger charge is -2.19. The Morgan fingerprint density at radius 1 is 1.19 bits per heavy atom. The molecule has 1 aromatic carbocycles. The van der Waals surface area contributed by atoms with Gasteiger partial charge in [0.15, 0.2) is 17.4 Å². The average Bonchev–Trinajstić information content (AvgIpc) is 3.69. The summed E-state index contributed by atoms with van der Waals surface area (Å²) in [7, 11) is 2.77. The first kappa shape index (κ1) is 26.1. The van der Waals surface area contributed by atoms with E-state index < -0.39 is 35.4 Å². The van der Waals surface area contributed by atoms with Crippen molar-refractivity contribution in [2.75, 3.05) is 20.8 Å². The summed E-state index contributed by atoms with van der Waals surface area (Å²) in [5, 5.41) is 2.55. The Labute approximate surface area is 207 Å². The van der Waals surface area contributed by atoms with Crippen LogP contribution < -0.4 is 20.3 Å². The monoisotopic (exact) mass is 522 g/mol. The molecule has 1 saturated carbocycles. The molecule has 0 aliphatic heterocycles. The maximum absolute atomic E-state index is 14.2. The molecule has 13 heteroatoms. The van der Waals surface area contributed by atoms with Crippen molar-refractivity contribution in [1.82, 2.24) is 20.3 Å². The number of nitrogens with zero attached hydrogens (tertiary/aromatic N) is 2. The summed E-state index contributed by atoms with van der Waals surface area (Å²) in [5.41, 5.74) is 0.430. The van der Waals surface area contributed by atoms with Crippen LogP contribution in [0.3, 0.4) is 0 Å². The zero-order chi connectivity index (χ0) is 26.7. The van der Waals surface area contributed by atoms with Gasteiger partial charge in [0, 0.05) is 19.4 Å². The topological polar surface area (TPSA) is 115 Å². The Morgan fingerprint density at radius 3 is 2.57 bits per heavy atom. The van der Waals surface area contributed by atoms with Gasteiger partial charge in [-0.15, -0.1) is 13.2 Å². The van der Waals surface area contributed by atoms with E-state index in [0.29, 0.717) is 11.7 Å². The highest BCUT2D eigenvalue weighted by Gasteiger charge is 2.32. The summed E-state index contributed by atoms with van der Waals surface area (Å²) < 4.78 is 65.7. The highest BCUT2D eigenvalue weighted by molar-refractivity contribution is 5.92. The molecule has 2 heterocycles. The first-order valence-corrected chi connectivity index (χ1v) is 11.1. The van der Waals surface area contributed by atoms with Crippen LogP contribution in [0, 0.1) is 5.82 Å². The van der Waals surface area contributed by atoms with Gasteiger partial charge in [0.05, 0.1) is 19.8 Å². The van der Waals surface area contributed by atoms with Gasteiger partial charge >= 0.3 is 6.36 Å². The van der Waals surface area contributed by atoms with E-state index in [1.807, 2.05) is 6.07 Å². The van der Waals surface area contributed by atoms with Gasteiger partial charge in [-0.25, -0.2) is 14.4 Å². The molecule has 4 rings (SSSR count). The third-order valence-corrected chi connectivity index (χ3v) is 5.56. The number of aromatic nitrogens is 3. The van der Waals surface area contributed by atoms with E-state index in [1.165, 1.54) is 14.2 Å². The maximum Gasteiger partial charge on any atom is 0.573 e. The van der Waals surface area contributed by atoms with Crippen LogP contribution in [0.5, 0.6) is 11.5 Å². The fraction of sp³-hybridized carbons (Fsp3) is 0.333. The van der Waals surface area contributed by atoms with Crippen LogP contribution >= 0.6 is 0 Å². The van der Waals surface area contributed by atoms with Gasteiger partial charge in [-0.1, -0.05) is 6.07 Å². The third-order valence-electron chi connectivity index (χ3n) is 5.56. The molecular weight excluding hydrogens is 500 g/mol. The van der Waals surface area contributed by atoms with E-state index in [2.05, 4.69) is 25.0 Å². The number of H-pyrrole nitrogens is 1. The van der Waals surface area contributed by atoms with Crippen molar-refractivity contribution in [2.45, 2.75) is 31.2 Å². The largest absolute Gasteiger partial charge is 0.573 e. The highest BCUT2D eigenvalue weighted by atomic mass is 19.4. The van der Waals surface area contributed by atoms with Crippen molar-refractivity contribution in [3.05, 3.63) is 69.5 Å². The van der Waals surface area contributed by atoms with Crippen molar-refractivity contribution in [2.24, 2.45) is 0 Å². The minimum absolute atomic E-state index is 0.000153. The van der Waals surface area contributed by atoms with Crippen LogP contribution in [-0.4, -0.2) is 48.0 Å². The Kier molecular flexibility index (Phi) is 7.43. The minimum atomic E-state index is -5.07. The SMILES string of the molecule is COC[C@@H](NC(=O)c1cc(=O)[nH]c(-c2ncc(C3CC3)cc2OC)n1)c1ccc(OC(F)(F)F)c(F)c1. The van der Waals surface area contributed by atoms with Crippen molar-refractivity contribution in [1.29, 1.82) is 0 Å². The van der Waals surface area contributed by atoms with E-state index in [1.54, 1.807) is 6.20 Å². The number of methoxy groups -OCH3 is 2. The number of aromatic amines is 1. The summed E-state index contributed by atoms with van der Waals surface area (Å²) in [5.74, 6) is -2.32. The summed E-state index contributed by atoms with van der Waals surface area (Å²) in [6.45, 7) is -0.154. The quantitative estimate of drug-likeness (QED) is 0.410. The van der Waals surface area contributed by atoms with E-state index >= 15 is 0 Å². The summed E-state index contributed by atoms with van der Waals surface area (Å²) in [6.07, 6.45) is -1.29. The standard InChI is InChI=1S/C24H22F4N4O5/c1-35-11-17(13-5-6-18(15(25)7-13)37-24(26,27)28)31-23(34)16-9-20(33)32-22(30-16)21-19(36-2)8-14(10-29-21)12-3-4-12/h5-10,12,17H,3-4,11H2,1-2H3,(H,31,34)(H,30,32,33)/t17-/m1/s1. The zero-order valence-corrected chi connectivity index (χ0v) is 19.7. The fourth-order valence-corrected chi connectivity index (χ4v) is 3.68. The van der Waals surface area contributed by atoms with Gasteiger partial charge < -0.3 is 24.5 Å². The number of hydrogen-bond acceptors (Lipinski definition) is 7. The smallest absolute Gasteiger partial charge is 0.494 e. The summed E-state index contributed by atoms with van der Waals surface area (Å²) in [6, 6.07) is 4.52. The van der Waals surface area contributed by atoms with Crippen LogP contribution in [-0.2, 0) is 4.74 Å². The second-order valence-corrected chi connectivity index (χ2v) is 8.29. The molecule has 1 aliphatic rings. The molecule has 0 bridgehead atoms. The molecule has 1 atom stereocenters. The zero-order valence-electron chi connectivity index (χ0n) is 19.7. The van der Waals surface area contributed by atoms with Crippen molar-refractivity contribution in [3.63, 3.8) is 0 Å². The van der Waals surface area contributed by atoms with E-state index in [-0.39, 0.29) is 29.4 Å². The van der Waals surface area contributed by atoms with Gasteiger partial charge in [-0.2, -0.15) is 0 Å². The average molecular weight is 522 g/mol. The summed E-state index contributed by atoms with van der Waals surface area (Å²) >= 11 is 0. The van der Waals surface area contributed by atoms with Crippen LogP contribution in [0.1, 0.15) is 46.4 Å². The van der Waals surface area contributed by atoms with Gasteiger partial charge in [0.1, 0.15) is 17.1 Å². The fourth-order valence-electron chi connectivity index (χ4n) is 3.68. The molecule has 196 valence electrons. The molecule has 0 saturated heterocycles. The van der Waals surface area contributed by atoms with Gasteiger partial charge in [-0.3, -0.25) is 9.59 Å². The minimum Gasteiger partial charge on any atom is -0.494 e. The molecule has 1 aliphatic carbocycles. The Bertz CT molecular complexity index is 1360. The number of alkyl halides is 3.